The molecular weight excluding hydrogens is 200 g/mol. The lowest BCUT2D eigenvalue weighted by atomic mass is 10.2. The molecule has 0 amide bonds. The number of aromatic amines is 1. The van der Waals surface area contributed by atoms with Crippen LogP contribution in [0.4, 0.5) is 0 Å². The maximum atomic E-state index is 4.95. The summed E-state index contributed by atoms with van der Waals surface area (Å²) in [5.41, 5.74) is 1.26. The number of nitrogens with one attached hydrogen (secondary N) is 1. The molecule has 66 valence electrons. The summed E-state index contributed by atoms with van der Waals surface area (Å²) in [6.07, 6.45) is 0.860. The van der Waals surface area contributed by atoms with Crippen LogP contribution in [0.3, 0.4) is 0 Å². The molecule has 0 atom stereocenters. The molecule has 0 bridgehead atoms. The Labute approximate surface area is 85.3 Å². The van der Waals surface area contributed by atoms with E-state index >= 15 is 0 Å². The fraction of sp³-hybridized carbons (Fsp3) is 0.111. The maximum Gasteiger partial charge on any atom is 0.176 e. The van der Waals surface area contributed by atoms with Crippen LogP contribution in [0.5, 0.6) is 0 Å². The summed E-state index contributed by atoms with van der Waals surface area (Å²) >= 11 is 6.48. The minimum atomic E-state index is 0.742. The molecule has 0 saturated carbocycles. The number of benzene rings is 1. The summed E-state index contributed by atoms with van der Waals surface area (Å²) in [6, 6.07) is 10.2. The minimum Gasteiger partial charge on any atom is -0.258 e. The lowest BCUT2D eigenvalue weighted by Gasteiger charge is -1.94. The van der Waals surface area contributed by atoms with Gasteiger partial charge in [-0.1, -0.05) is 41.7 Å². The molecule has 1 N–H and O–H groups in total. The zero-order chi connectivity index (χ0) is 9.10. The molecule has 0 unspecified atom stereocenters. The summed E-state index contributed by atoms with van der Waals surface area (Å²) in [4.78, 5) is 0. The maximum absolute atomic E-state index is 4.95. The van der Waals surface area contributed by atoms with Gasteiger partial charge in [-0.25, -0.2) is 0 Å². The normalized spacial score (nSPS) is 10.2. The highest BCUT2D eigenvalue weighted by Crippen LogP contribution is 2.11. The predicted octanol–water partition coefficient (Wildman–Crippen LogP) is 2.79. The quantitative estimate of drug-likeness (QED) is 0.769. The second-order valence-corrected chi connectivity index (χ2v) is 4.42. The van der Waals surface area contributed by atoms with E-state index in [2.05, 4.69) is 22.3 Å². The molecule has 4 heteroatoms. The van der Waals surface area contributed by atoms with E-state index in [9.17, 15) is 0 Å². The molecule has 2 aromatic rings. The topological polar surface area (TPSA) is 28.7 Å². The van der Waals surface area contributed by atoms with Crippen LogP contribution in [0.2, 0.25) is 0 Å². The summed E-state index contributed by atoms with van der Waals surface area (Å²) in [5, 5.41) is 7.91. The molecule has 0 radical (unpaired) electrons. The summed E-state index contributed by atoms with van der Waals surface area (Å²) < 4.78 is 0.742. The van der Waals surface area contributed by atoms with Crippen LogP contribution in [0.1, 0.15) is 10.6 Å². The lowest BCUT2D eigenvalue weighted by Crippen LogP contribution is -1.85. The van der Waals surface area contributed by atoms with Crippen molar-refractivity contribution in [1.29, 1.82) is 0 Å². The van der Waals surface area contributed by atoms with Crippen LogP contribution in [0, 0.1) is 3.95 Å². The second kappa shape index (κ2) is 3.81. The van der Waals surface area contributed by atoms with E-state index in [0.29, 0.717) is 0 Å². The average Bonchev–Trinajstić information content (AvgIpc) is 2.53. The Bertz CT molecular complexity index is 430. The van der Waals surface area contributed by atoms with E-state index in [1.165, 1.54) is 16.9 Å². The fourth-order valence-corrected chi connectivity index (χ4v) is 2.08. The highest BCUT2D eigenvalue weighted by molar-refractivity contribution is 7.73. The molecule has 0 spiro atoms. The molecule has 0 aliphatic heterocycles. The van der Waals surface area contributed by atoms with E-state index in [1.54, 1.807) is 0 Å². The number of aromatic nitrogens is 2. The van der Waals surface area contributed by atoms with E-state index in [1.807, 2.05) is 18.2 Å². The Balaban J connectivity index is 2.20. The Morgan fingerprint density at radius 2 is 2.08 bits per heavy atom. The van der Waals surface area contributed by atoms with Gasteiger partial charge in [-0.05, 0) is 17.8 Å². The van der Waals surface area contributed by atoms with Crippen molar-refractivity contribution >= 4 is 23.6 Å². The Hall–Kier alpha value is -1.00. The van der Waals surface area contributed by atoms with Gasteiger partial charge in [0.15, 0.2) is 3.95 Å². The largest absolute Gasteiger partial charge is 0.258 e. The lowest BCUT2D eigenvalue weighted by molar-refractivity contribution is 0.997. The van der Waals surface area contributed by atoms with Crippen LogP contribution in [0.15, 0.2) is 30.3 Å². The standard InChI is InChI=1S/C9H8N2S2/c12-9-11-10-8(13-9)6-7-4-2-1-3-5-7/h1-5H,6H2,(H,11,12). The first kappa shape index (κ1) is 8.59. The zero-order valence-corrected chi connectivity index (χ0v) is 8.49. The molecule has 0 aliphatic carbocycles. The molecule has 0 aliphatic rings. The number of hydrogen-bond acceptors (Lipinski definition) is 3. The Morgan fingerprint density at radius 3 is 2.69 bits per heavy atom. The molecule has 0 fully saturated rings. The van der Waals surface area contributed by atoms with Crippen LogP contribution < -0.4 is 0 Å². The molecule has 1 heterocycles. The van der Waals surface area contributed by atoms with Gasteiger partial charge in [0.1, 0.15) is 5.01 Å². The summed E-state index contributed by atoms with van der Waals surface area (Å²) in [7, 11) is 0. The van der Waals surface area contributed by atoms with Crippen LogP contribution in [-0.2, 0) is 6.42 Å². The highest BCUT2D eigenvalue weighted by atomic mass is 32.1. The monoisotopic (exact) mass is 208 g/mol. The second-order valence-electron chi connectivity index (χ2n) is 2.67. The van der Waals surface area contributed by atoms with Crippen LogP contribution >= 0.6 is 23.6 Å². The van der Waals surface area contributed by atoms with Gasteiger partial charge in [0, 0.05) is 6.42 Å². The minimum absolute atomic E-state index is 0.742. The average molecular weight is 208 g/mol. The van der Waals surface area contributed by atoms with Crippen LogP contribution in [0.25, 0.3) is 0 Å². The number of hydrogen-bond donors (Lipinski definition) is 1. The van der Waals surface area contributed by atoms with Crippen molar-refractivity contribution < 1.29 is 0 Å². The van der Waals surface area contributed by atoms with Crippen molar-refractivity contribution in [3.05, 3.63) is 44.9 Å². The first-order valence-corrected chi connectivity index (χ1v) is 5.15. The molecule has 2 rings (SSSR count). The first-order valence-electron chi connectivity index (χ1n) is 3.93. The predicted molar refractivity (Wildman–Crippen MR) is 56.5 cm³/mol. The smallest absolute Gasteiger partial charge is 0.176 e. The molecule has 1 aromatic carbocycles. The van der Waals surface area contributed by atoms with E-state index in [4.69, 9.17) is 12.2 Å². The highest BCUT2D eigenvalue weighted by Gasteiger charge is 1.98. The number of nitrogens with zero attached hydrogens (tertiary/aromatic N) is 1. The van der Waals surface area contributed by atoms with Gasteiger partial charge in [0.2, 0.25) is 0 Å². The third-order valence-electron chi connectivity index (χ3n) is 1.68. The fourth-order valence-electron chi connectivity index (χ4n) is 1.11. The van der Waals surface area contributed by atoms with Crippen molar-refractivity contribution in [3.63, 3.8) is 0 Å². The van der Waals surface area contributed by atoms with Gasteiger partial charge < -0.3 is 0 Å². The van der Waals surface area contributed by atoms with Crippen molar-refractivity contribution in [2.75, 3.05) is 0 Å². The zero-order valence-electron chi connectivity index (χ0n) is 6.86. The summed E-state index contributed by atoms with van der Waals surface area (Å²) in [6.45, 7) is 0. The van der Waals surface area contributed by atoms with Crippen molar-refractivity contribution in [1.82, 2.24) is 10.2 Å². The van der Waals surface area contributed by atoms with Gasteiger partial charge in [-0.3, -0.25) is 5.10 Å². The third kappa shape index (κ3) is 2.23. The number of rotatable bonds is 2. The molecular formula is C9H8N2S2. The van der Waals surface area contributed by atoms with Crippen molar-refractivity contribution in [2.24, 2.45) is 0 Å². The molecule has 1 aromatic heterocycles. The third-order valence-corrected chi connectivity index (χ3v) is 2.77. The molecule has 2 nitrogen and oxygen atoms in total. The van der Waals surface area contributed by atoms with Gasteiger partial charge in [-0.2, -0.15) is 5.10 Å². The first-order chi connectivity index (χ1) is 6.34. The van der Waals surface area contributed by atoms with Gasteiger partial charge in [-0.15, -0.1) is 0 Å². The SMILES string of the molecule is S=c1[nH]nc(Cc2ccccc2)s1. The van der Waals surface area contributed by atoms with Gasteiger partial charge in [0.05, 0.1) is 0 Å². The van der Waals surface area contributed by atoms with Crippen molar-refractivity contribution in [3.8, 4) is 0 Å². The molecule has 13 heavy (non-hydrogen) atoms. The summed E-state index contributed by atoms with van der Waals surface area (Å²) in [5.74, 6) is 0. The van der Waals surface area contributed by atoms with E-state index in [-0.39, 0.29) is 0 Å². The van der Waals surface area contributed by atoms with E-state index in [0.717, 1.165) is 15.4 Å². The Morgan fingerprint density at radius 1 is 1.31 bits per heavy atom. The van der Waals surface area contributed by atoms with E-state index < -0.39 is 0 Å². The van der Waals surface area contributed by atoms with Gasteiger partial charge in [0.25, 0.3) is 0 Å². The number of H-pyrrole nitrogens is 1. The van der Waals surface area contributed by atoms with Crippen LogP contribution in [-0.4, -0.2) is 10.2 Å². The van der Waals surface area contributed by atoms with Crippen molar-refractivity contribution in [2.45, 2.75) is 6.42 Å². The Kier molecular flexibility index (Phi) is 2.52. The molecule has 0 saturated heterocycles. The van der Waals surface area contributed by atoms with Gasteiger partial charge >= 0.3 is 0 Å².